The van der Waals surface area contributed by atoms with Crippen molar-refractivity contribution in [1.82, 2.24) is 9.97 Å². The van der Waals surface area contributed by atoms with Crippen LogP contribution >= 0.6 is 11.3 Å². The lowest BCUT2D eigenvalue weighted by atomic mass is 10.2. The number of rotatable bonds is 4. The maximum Gasteiger partial charge on any atom is 0.338 e. The molecule has 20 heavy (non-hydrogen) atoms. The van der Waals surface area contributed by atoms with Crippen LogP contribution in [0.5, 0.6) is 0 Å². The number of hydrogen-bond donors (Lipinski definition) is 4. The van der Waals surface area contributed by atoms with Crippen molar-refractivity contribution in [2.75, 3.05) is 5.32 Å². The van der Waals surface area contributed by atoms with Crippen LogP contribution in [0.25, 0.3) is 0 Å². The molecule has 2 aromatic heterocycles. The summed E-state index contributed by atoms with van der Waals surface area (Å²) in [7, 11) is 0. The van der Waals surface area contributed by atoms with E-state index in [9.17, 15) is 19.2 Å². The normalized spacial score (nSPS) is 10.2. The largest absolute Gasteiger partial charge is 0.478 e. The molecule has 0 aliphatic rings. The first kappa shape index (κ1) is 13.7. The van der Waals surface area contributed by atoms with Gasteiger partial charge in [-0.2, -0.15) is 0 Å². The minimum absolute atomic E-state index is 0.0113. The van der Waals surface area contributed by atoms with Gasteiger partial charge in [0.25, 0.3) is 5.56 Å². The Morgan fingerprint density at radius 2 is 2.05 bits per heavy atom. The Labute approximate surface area is 115 Å². The van der Waals surface area contributed by atoms with E-state index in [0.29, 0.717) is 0 Å². The molecular formula is C11H9N3O5S. The lowest BCUT2D eigenvalue weighted by Crippen LogP contribution is -2.25. The number of aromatic nitrogens is 2. The SMILES string of the molecule is O=C(Cc1cc(=O)[nH]c(=O)[nH]1)Nc1sccc1C(=O)O. The molecule has 0 unspecified atom stereocenters. The number of carbonyl (C=O) groups excluding carboxylic acids is 1. The van der Waals surface area contributed by atoms with Crippen LogP contribution in [0.1, 0.15) is 16.1 Å². The molecule has 4 N–H and O–H groups in total. The Balaban J connectivity index is 2.13. The molecule has 104 valence electrons. The van der Waals surface area contributed by atoms with Crippen LogP contribution in [-0.2, 0) is 11.2 Å². The van der Waals surface area contributed by atoms with Gasteiger partial charge in [0.2, 0.25) is 5.91 Å². The fraction of sp³-hybridized carbons (Fsp3) is 0.0909. The topological polar surface area (TPSA) is 132 Å². The van der Waals surface area contributed by atoms with E-state index < -0.39 is 23.1 Å². The van der Waals surface area contributed by atoms with Gasteiger partial charge in [0, 0.05) is 11.8 Å². The highest BCUT2D eigenvalue weighted by Gasteiger charge is 2.14. The molecule has 2 rings (SSSR count). The van der Waals surface area contributed by atoms with E-state index >= 15 is 0 Å². The van der Waals surface area contributed by atoms with Crippen LogP contribution in [-0.4, -0.2) is 27.0 Å². The fourth-order valence-corrected chi connectivity index (χ4v) is 2.33. The Morgan fingerprint density at radius 1 is 1.30 bits per heavy atom. The van der Waals surface area contributed by atoms with Crippen LogP contribution < -0.4 is 16.6 Å². The van der Waals surface area contributed by atoms with Gasteiger partial charge in [-0.1, -0.05) is 0 Å². The summed E-state index contributed by atoms with van der Waals surface area (Å²) in [6.45, 7) is 0. The average molecular weight is 295 g/mol. The molecule has 0 aromatic carbocycles. The number of H-pyrrole nitrogens is 2. The molecule has 0 bridgehead atoms. The number of carboxylic acids is 1. The number of thiophene rings is 1. The number of aromatic carboxylic acids is 1. The monoisotopic (exact) mass is 295 g/mol. The summed E-state index contributed by atoms with van der Waals surface area (Å²) in [6, 6.07) is 2.46. The average Bonchev–Trinajstić information content (AvgIpc) is 2.75. The number of nitrogens with one attached hydrogen (secondary N) is 3. The van der Waals surface area contributed by atoms with Gasteiger partial charge in [-0.05, 0) is 11.4 Å². The third kappa shape index (κ3) is 3.20. The van der Waals surface area contributed by atoms with E-state index in [1.165, 1.54) is 11.4 Å². The number of anilines is 1. The summed E-state index contributed by atoms with van der Waals surface area (Å²) in [4.78, 5) is 49.0. The first-order valence-corrected chi connectivity index (χ1v) is 6.27. The van der Waals surface area contributed by atoms with Crippen molar-refractivity contribution in [1.29, 1.82) is 0 Å². The predicted molar refractivity (Wildman–Crippen MR) is 71.3 cm³/mol. The molecule has 0 saturated carbocycles. The molecule has 0 aliphatic carbocycles. The zero-order valence-electron chi connectivity index (χ0n) is 9.93. The molecule has 0 aliphatic heterocycles. The number of carbonyl (C=O) groups is 2. The van der Waals surface area contributed by atoms with Crippen LogP contribution in [0.2, 0.25) is 0 Å². The summed E-state index contributed by atoms with van der Waals surface area (Å²) < 4.78 is 0. The molecule has 1 amide bonds. The van der Waals surface area contributed by atoms with E-state index in [1.54, 1.807) is 0 Å². The van der Waals surface area contributed by atoms with E-state index in [4.69, 9.17) is 5.11 Å². The number of carboxylic acid groups (broad SMARTS) is 1. The Hall–Kier alpha value is -2.68. The first-order valence-electron chi connectivity index (χ1n) is 5.39. The van der Waals surface area contributed by atoms with Crippen molar-refractivity contribution in [2.24, 2.45) is 0 Å². The maximum absolute atomic E-state index is 11.7. The molecule has 0 radical (unpaired) electrons. The van der Waals surface area contributed by atoms with Gasteiger partial charge in [0.1, 0.15) is 5.00 Å². The van der Waals surface area contributed by atoms with Crippen molar-refractivity contribution in [3.05, 3.63) is 49.6 Å². The minimum Gasteiger partial charge on any atom is -0.478 e. The van der Waals surface area contributed by atoms with Crippen molar-refractivity contribution in [2.45, 2.75) is 6.42 Å². The fourth-order valence-electron chi connectivity index (χ4n) is 1.53. The third-order valence-corrected chi connectivity index (χ3v) is 3.15. The zero-order chi connectivity index (χ0) is 14.7. The van der Waals surface area contributed by atoms with Crippen LogP contribution in [0.4, 0.5) is 5.00 Å². The summed E-state index contributed by atoms with van der Waals surface area (Å²) >= 11 is 1.07. The number of amides is 1. The maximum atomic E-state index is 11.7. The van der Waals surface area contributed by atoms with Crippen molar-refractivity contribution in [3.8, 4) is 0 Å². The van der Waals surface area contributed by atoms with Crippen LogP contribution in [0, 0.1) is 0 Å². The molecule has 2 heterocycles. The second-order valence-electron chi connectivity index (χ2n) is 3.81. The van der Waals surface area contributed by atoms with Gasteiger partial charge in [0.05, 0.1) is 12.0 Å². The summed E-state index contributed by atoms with van der Waals surface area (Å²) in [5.74, 6) is -1.68. The molecule has 9 heteroatoms. The Kier molecular flexibility index (Phi) is 3.80. The summed E-state index contributed by atoms with van der Waals surface area (Å²) in [5.41, 5.74) is -1.19. The summed E-state index contributed by atoms with van der Waals surface area (Å²) in [5, 5.41) is 13.1. The smallest absolute Gasteiger partial charge is 0.338 e. The Bertz CT molecular complexity index is 744. The van der Waals surface area contributed by atoms with Gasteiger partial charge in [-0.15, -0.1) is 11.3 Å². The second-order valence-corrected chi connectivity index (χ2v) is 4.72. The van der Waals surface area contributed by atoms with Gasteiger partial charge < -0.3 is 15.4 Å². The standard InChI is InChI=1S/C11H9N3O5S/c15-7(3-5-4-8(16)14-11(19)12-5)13-9-6(10(17)18)1-2-20-9/h1-2,4H,3H2,(H,13,15)(H,17,18)(H2,12,14,16,19). The molecule has 0 saturated heterocycles. The number of hydrogen-bond acceptors (Lipinski definition) is 5. The number of aromatic amines is 2. The van der Waals surface area contributed by atoms with Crippen LogP contribution in [0.3, 0.4) is 0 Å². The zero-order valence-corrected chi connectivity index (χ0v) is 10.7. The predicted octanol–water partition coefficient (Wildman–Crippen LogP) is 0.00410. The molecule has 0 fully saturated rings. The highest BCUT2D eigenvalue weighted by Crippen LogP contribution is 2.23. The minimum atomic E-state index is -1.15. The first-order chi connectivity index (χ1) is 9.45. The van der Waals surface area contributed by atoms with Crippen molar-refractivity contribution < 1.29 is 14.7 Å². The molecule has 2 aromatic rings. The van der Waals surface area contributed by atoms with Gasteiger partial charge in [-0.3, -0.25) is 14.6 Å². The van der Waals surface area contributed by atoms with Crippen LogP contribution in [0.15, 0.2) is 27.1 Å². The van der Waals surface area contributed by atoms with E-state index in [2.05, 4.69) is 10.3 Å². The molecule has 0 atom stereocenters. The quantitative estimate of drug-likeness (QED) is 0.630. The molecular weight excluding hydrogens is 286 g/mol. The summed E-state index contributed by atoms with van der Waals surface area (Å²) in [6.07, 6.45) is -0.240. The lowest BCUT2D eigenvalue weighted by Gasteiger charge is -2.03. The highest BCUT2D eigenvalue weighted by molar-refractivity contribution is 7.14. The second kappa shape index (κ2) is 5.53. The van der Waals surface area contributed by atoms with Crippen molar-refractivity contribution in [3.63, 3.8) is 0 Å². The van der Waals surface area contributed by atoms with Gasteiger partial charge >= 0.3 is 11.7 Å². The third-order valence-electron chi connectivity index (χ3n) is 2.32. The molecule has 8 nitrogen and oxygen atoms in total. The van der Waals surface area contributed by atoms with Crippen molar-refractivity contribution >= 4 is 28.2 Å². The lowest BCUT2D eigenvalue weighted by molar-refractivity contribution is -0.115. The van der Waals surface area contributed by atoms with E-state index in [1.807, 2.05) is 4.98 Å². The Morgan fingerprint density at radius 3 is 2.70 bits per heavy atom. The van der Waals surface area contributed by atoms with Gasteiger partial charge in [0.15, 0.2) is 0 Å². The van der Waals surface area contributed by atoms with E-state index in [-0.39, 0.29) is 22.7 Å². The van der Waals surface area contributed by atoms with E-state index in [0.717, 1.165) is 17.4 Å². The highest BCUT2D eigenvalue weighted by atomic mass is 32.1. The van der Waals surface area contributed by atoms with Gasteiger partial charge in [-0.25, -0.2) is 9.59 Å². The molecule has 0 spiro atoms.